The lowest BCUT2D eigenvalue weighted by Crippen LogP contribution is -2.07. The van der Waals surface area contributed by atoms with Crippen LogP contribution >= 0.6 is 34.8 Å². The van der Waals surface area contributed by atoms with E-state index >= 15 is 0 Å². The van der Waals surface area contributed by atoms with Crippen molar-refractivity contribution in [3.05, 3.63) is 261 Å². The van der Waals surface area contributed by atoms with E-state index in [4.69, 9.17) is 45.6 Å². The van der Waals surface area contributed by atoms with Crippen molar-refractivity contribution < 1.29 is 33.8 Å². The van der Waals surface area contributed by atoms with Crippen LogP contribution in [-0.2, 0) is 48.0 Å². The number of alkyl halides is 1. The summed E-state index contributed by atoms with van der Waals surface area (Å²) in [5, 5.41) is 44.0. The second kappa shape index (κ2) is 32.6. The van der Waals surface area contributed by atoms with Crippen LogP contribution in [-0.4, -0.2) is 160 Å². The van der Waals surface area contributed by atoms with Crippen LogP contribution in [0, 0.1) is 0 Å². The minimum absolute atomic E-state index is 0.0604. The molecule has 0 bridgehead atoms. The number of carboxylic acids is 1. The van der Waals surface area contributed by atoms with Gasteiger partial charge in [0.2, 0.25) is 0 Å². The Morgan fingerprint density at radius 1 is 0.491 bits per heavy atom. The number of nitrogens with one attached hydrogen (secondary N) is 1. The number of fused-ring (bicyclic) bond motifs is 6. The molecule has 110 heavy (non-hydrogen) atoms. The second-order valence-corrected chi connectivity index (χ2v) is 27.9. The van der Waals surface area contributed by atoms with Gasteiger partial charge in [0, 0.05) is 85.0 Å². The number of esters is 2. The smallest absolute Gasteiger partial charge is 0.360 e. The summed E-state index contributed by atoms with van der Waals surface area (Å²) >= 11 is 17.6. The van der Waals surface area contributed by atoms with Crippen molar-refractivity contribution in [1.29, 1.82) is 0 Å². The number of nitrogens with zero attached hydrogens (tertiary/aromatic N) is 23. The van der Waals surface area contributed by atoms with E-state index in [1.54, 1.807) is 18.7 Å². The quantitative estimate of drug-likeness (QED) is 0.0384. The molecule has 16 heterocycles. The molecule has 4 saturated carbocycles. The number of hydrogen-bond donors (Lipinski definition) is 3. The molecule has 0 aromatic carbocycles. The van der Waals surface area contributed by atoms with Crippen molar-refractivity contribution in [3.8, 4) is 0 Å². The molecule has 0 spiro atoms. The minimum atomic E-state index is -1.08. The Hall–Kier alpha value is -12.4. The second-order valence-electron chi connectivity index (χ2n) is 26.8. The summed E-state index contributed by atoms with van der Waals surface area (Å²) in [4.78, 5) is 76.3. The summed E-state index contributed by atoms with van der Waals surface area (Å²) < 4.78 is 20.9. The van der Waals surface area contributed by atoms with Crippen LogP contribution in [0.4, 0.5) is 0 Å². The summed E-state index contributed by atoms with van der Waals surface area (Å²) in [6, 6.07) is 24.1. The largest absolute Gasteiger partial charge is 0.476 e. The molecule has 16 aromatic rings. The Bertz CT molecular complexity index is 5970. The average Bonchev–Trinajstić information content (AvgIpc) is 1.66. The van der Waals surface area contributed by atoms with Gasteiger partial charge in [-0.2, -0.15) is 40.0 Å². The number of aromatic amines is 1. The molecule has 0 atom stereocenters. The number of Topliss-reactive ketones (excluding diaryl/α,β-unsaturated/α-hetero) is 1. The van der Waals surface area contributed by atoms with Crippen molar-refractivity contribution in [2.75, 3.05) is 14.2 Å². The first-order valence-corrected chi connectivity index (χ1v) is 36.7. The molecule has 16 aromatic heterocycles. The Morgan fingerprint density at radius 3 is 1.28 bits per heavy atom. The van der Waals surface area contributed by atoms with Crippen molar-refractivity contribution >= 4 is 92.1 Å². The Morgan fingerprint density at radius 2 is 0.882 bits per heavy atom. The number of ketones is 1. The first kappa shape index (κ1) is 73.1. The van der Waals surface area contributed by atoms with Gasteiger partial charge in [-0.15, -0.1) is 32.0 Å². The highest BCUT2D eigenvalue weighted by Gasteiger charge is 2.27. The number of halogens is 3. The van der Waals surface area contributed by atoms with Gasteiger partial charge in [-0.25, -0.2) is 44.3 Å². The van der Waals surface area contributed by atoms with Crippen molar-refractivity contribution in [1.82, 2.24) is 117 Å². The van der Waals surface area contributed by atoms with E-state index in [-0.39, 0.29) is 22.9 Å². The van der Waals surface area contributed by atoms with Crippen molar-refractivity contribution in [2.24, 2.45) is 5.73 Å². The molecule has 0 saturated heterocycles. The summed E-state index contributed by atoms with van der Waals surface area (Å²) in [6.07, 6.45) is 40.2. The van der Waals surface area contributed by atoms with Crippen LogP contribution < -0.4 is 5.73 Å². The molecule has 0 unspecified atom stereocenters. The summed E-state index contributed by atoms with van der Waals surface area (Å²) in [5.41, 5.74) is 22.4. The number of aromatic carboxylic acids is 1. The van der Waals surface area contributed by atoms with Gasteiger partial charge in [-0.3, -0.25) is 4.79 Å². The number of aryl methyl sites for hydroxylation is 1. The van der Waals surface area contributed by atoms with Gasteiger partial charge in [-0.1, -0.05) is 47.5 Å². The topological polar surface area (TPSA) is 370 Å². The first-order chi connectivity index (χ1) is 53.5. The fraction of sp³-hybridized carbons (Fsp3) is 0.280. The molecule has 4 N–H and O–H groups in total. The number of H-pyrrole nitrogens is 1. The molecule has 0 amide bonds. The van der Waals surface area contributed by atoms with E-state index in [0.717, 1.165) is 73.7 Å². The molecular formula is C75H72Cl3N25O7. The maximum absolute atomic E-state index is 12.7. The first-order valence-electron chi connectivity index (χ1n) is 35.4. The van der Waals surface area contributed by atoms with Gasteiger partial charge in [0.15, 0.2) is 22.9 Å². The number of pyridine rings is 6. The SMILES string of the molecule is COC(=O)c1cn[nH]n1.COC(=O)c1cnn(Cc2cn3cc(C4CC4)ccc3n2)n1.ClCc1cn2cc(C3CC3)ccc2n1.NCc1ncn2ccc(Cl)cc12.O=C(CCc1ncn2ccc(Cl)cc12)c1cnn(Cc2cn3cc(C4CC4)ccc3n2)n1.O=C(O)c1cnn(Cc2cn3cc(C4CC4)ccc3n2)n1. The number of ether oxygens (including phenoxy) is 2. The van der Waals surface area contributed by atoms with E-state index in [1.165, 1.54) is 127 Å². The Balaban J connectivity index is 0.000000110. The number of hydrogen-bond acceptors (Lipinski definition) is 21. The molecule has 0 radical (unpaired) electrons. The number of aromatic nitrogens is 24. The number of nitrogens with two attached hydrogens (primary N) is 1. The summed E-state index contributed by atoms with van der Waals surface area (Å²) in [5.74, 6) is 1.27. The predicted molar refractivity (Wildman–Crippen MR) is 403 cm³/mol. The van der Waals surface area contributed by atoms with Gasteiger partial charge in [-0.05, 0) is 152 Å². The molecule has 35 heteroatoms. The maximum atomic E-state index is 12.7. The van der Waals surface area contributed by atoms with Gasteiger partial charge in [0.25, 0.3) is 0 Å². The van der Waals surface area contributed by atoms with Gasteiger partial charge in [0.05, 0.1) is 103 Å². The Labute approximate surface area is 640 Å². The molecule has 0 aliphatic heterocycles. The minimum Gasteiger partial charge on any atom is -0.476 e. The zero-order chi connectivity index (χ0) is 75.9. The van der Waals surface area contributed by atoms with E-state index in [0.29, 0.717) is 78.4 Å². The van der Waals surface area contributed by atoms with Crippen molar-refractivity contribution in [3.63, 3.8) is 0 Å². The van der Waals surface area contributed by atoms with E-state index in [1.807, 2.05) is 85.1 Å². The van der Waals surface area contributed by atoms with Crippen LogP contribution in [0.3, 0.4) is 0 Å². The lowest BCUT2D eigenvalue weighted by molar-refractivity contribution is 0.0584. The molecule has 20 rings (SSSR count). The molecule has 32 nitrogen and oxygen atoms in total. The van der Waals surface area contributed by atoms with Crippen LogP contribution in [0.1, 0.15) is 180 Å². The van der Waals surface area contributed by atoms with E-state index in [2.05, 4.69) is 155 Å². The van der Waals surface area contributed by atoms with Gasteiger partial charge < -0.3 is 46.7 Å². The van der Waals surface area contributed by atoms with Gasteiger partial charge >= 0.3 is 17.9 Å². The van der Waals surface area contributed by atoms with Crippen LogP contribution in [0.2, 0.25) is 10.0 Å². The number of imidazole rings is 6. The number of carbonyl (C=O) groups excluding carboxylic acids is 3. The number of carbonyl (C=O) groups is 4. The van der Waals surface area contributed by atoms with Crippen LogP contribution in [0.5, 0.6) is 0 Å². The van der Waals surface area contributed by atoms with Gasteiger partial charge in [0.1, 0.15) is 47.9 Å². The van der Waals surface area contributed by atoms with E-state index in [9.17, 15) is 19.2 Å². The zero-order valence-electron chi connectivity index (χ0n) is 59.5. The van der Waals surface area contributed by atoms with Crippen LogP contribution in [0.15, 0.2) is 172 Å². The maximum Gasteiger partial charge on any atom is 0.360 e. The summed E-state index contributed by atoms with van der Waals surface area (Å²) in [7, 11) is 2.61. The third-order valence-electron chi connectivity index (χ3n) is 18.6. The monoisotopic (exact) mass is 1540 g/mol. The van der Waals surface area contributed by atoms with Crippen LogP contribution in [0.25, 0.3) is 33.6 Å². The highest BCUT2D eigenvalue weighted by Crippen LogP contribution is 2.42. The lowest BCUT2D eigenvalue weighted by atomic mass is 10.1. The molecule has 4 aliphatic rings. The summed E-state index contributed by atoms with van der Waals surface area (Å²) in [6.45, 7) is 1.62. The highest BCUT2D eigenvalue weighted by atomic mass is 35.5. The molecular weight excluding hydrogens is 1470 g/mol. The normalized spacial score (nSPS) is 13.7. The third-order valence-corrected chi connectivity index (χ3v) is 19.3. The standard InChI is InChI=1S/C23H20ClN7O.C15H15N5O2.C14H13N5O2.C11H11ClN2.C8H8ClN3.C4H5N3O2/c24-17-7-8-29-14-25-19(21(29)9-17)4-5-22(32)20-10-26-31(28-20)13-18-12-30-11-16(15-1-2-15)3-6-23(30)27-18;1-22-15(21)13-6-16-20(18-13)9-12-8-19-7-11(10-2-3-10)4-5-14(19)17-12;20-14(21)12-5-15-19(17-12)8-11-7-18-6-10(9-1-2-9)3-4-13(18)16-11;12-5-10-7-14-6-9(8-1-2-8)3-4-11(14)13-10;9-6-1-2-12-5-11-7(4-10)8(12)3-6;1-9-4(8)3-2-5-7-6-3/h3,6-12,14-15H,1-2,4-5,13H2;4-8,10H,2-3,9H2,1H3;3-7,9H,1-2,8H2,(H,20,21);3-4,6-8H,1-2,5H2;1-3,5H,4,10H2;2H,1H3,(H,5,6,7). The zero-order valence-corrected chi connectivity index (χ0v) is 61.7. The molecule has 4 fully saturated rings. The van der Waals surface area contributed by atoms with E-state index < -0.39 is 17.9 Å². The highest BCUT2D eigenvalue weighted by molar-refractivity contribution is 6.31. The number of carboxylic acid groups (broad SMARTS) is 1. The molecule has 560 valence electrons. The lowest BCUT2D eigenvalue weighted by Gasteiger charge is -1.99. The molecule has 4 aliphatic carbocycles. The average molecular weight is 1540 g/mol. The van der Waals surface area contributed by atoms with Crippen molar-refractivity contribution in [2.45, 2.75) is 120 Å². The number of methoxy groups -OCH3 is 2. The number of rotatable bonds is 19. The fourth-order valence-corrected chi connectivity index (χ4v) is 12.7. The fourth-order valence-electron chi connectivity index (χ4n) is 12.3. The predicted octanol–water partition coefficient (Wildman–Crippen LogP) is 11.1. The Kier molecular flexibility index (Phi) is 21.7. The third kappa shape index (κ3) is 17.9.